The molecule has 1 heterocycles. The second-order valence-electron chi connectivity index (χ2n) is 5.69. The summed E-state index contributed by atoms with van der Waals surface area (Å²) >= 11 is 0. The lowest BCUT2D eigenvalue weighted by Crippen LogP contribution is -2.27. The van der Waals surface area contributed by atoms with Crippen LogP contribution in [0.1, 0.15) is 53.5 Å². The molecule has 122 valence electrons. The molecule has 2 aromatic rings. The number of hydrogen-bond donors (Lipinski definition) is 1. The van der Waals surface area contributed by atoms with E-state index in [4.69, 9.17) is 14.0 Å². The van der Waals surface area contributed by atoms with Crippen molar-refractivity contribution in [3.8, 4) is 11.5 Å². The van der Waals surface area contributed by atoms with Gasteiger partial charge in [0.2, 0.25) is 0 Å². The van der Waals surface area contributed by atoms with Crippen molar-refractivity contribution in [2.75, 3.05) is 14.2 Å². The highest BCUT2D eigenvalue weighted by atomic mass is 16.5. The molecule has 0 bridgehead atoms. The minimum Gasteiger partial charge on any atom is -0.497 e. The molecule has 1 fully saturated rings. The number of nitrogens with one attached hydrogen (secondary N) is 1. The Morgan fingerprint density at radius 3 is 2.74 bits per heavy atom. The summed E-state index contributed by atoms with van der Waals surface area (Å²) < 4.78 is 15.8. The molecule has 0 saturated heterocycles. The summed E-state index contributed by atoms with van der Waals surface area (Å²) in [7, 11) is 3.20. The average Bonchev–Trinajstić information content (AvgIpc) is 3.30. The van der Waals surface area contributed by atoms with Gasteiger partial charge in [0.05, 0.1) is 20.3 Å². The summed E-state index contributed by atoms with van der Waals surface area (Å²) in [5, 5.41) is 6.77. The van der Waals surface area contributed by atoms with Gasteiger partial charge in [-0.05, 0) is 38.0 Å². The number of rotatable bonds is 6. The Hall–Kier alpha value is -2.50. The van der Waals surface area contributed by atoms with Gasteiger partial charge in [-0.3, -0.25) is 4.79 Å². The van der Waals surface area contributed by atoms with Crippen LogP contribution in [0.2, 0.25) is 0 Å². The summed E-state index contributed by atoms with van der Waals surface area (Å²) in [6.45, 7) is 1.89. The Morgan fingerprint density at radius 1 is 1.30 bits per heavy atom. The molecule has 1 aromatic carbocycles. The molecule has 3 rings (SSSR count). The van der Waals surface area contributed by atoms with Gasteiger partial charge in [-0.2, -0.15) is 0 Å². The summed E-state index contributed by atoms with van der Waals surface area (Å²) in [6, 6.07) is 6.95. The van der Waals surface area contributed by atoms with Crippen molar-refractivity contribution in [1.82, 2.24) is 10.5 Å². The molecule has 1 amide bonds. The molecule has 0 radical (unpaired) electrons. The minimum absolute atomic E-state index is 0.256. The Morgan fingerprint density at radius 2 is 2.09 bits per heavy atom. The number of carbonyl (C=O) groups is 1. The highest BCUT2D eigenvalue weighted by Gasteiger charge is 2.29. The molecule has 1 aliphatic rings. The van der Waals surface area contributed by atoms with Gasteiger partial charge >= 0.3 is 0 Å². The van der Waals surface area contributed by atoms with E-state index in [1.165, 1.54) is 0 Å². The van der Waals surface area contributed by atoms with Crippen LogP contribution in [0.3, 0.4) is 0 Å². The van der Waals surface area contributed by atoms with E-state index in [0.29, 0.717) is 23.1 Å². The minimum atomic E-state index is -0.266. The molecule has 0 aliphatic heterocycles. The molecule has 0 unspecified atom stereocenters. The molecule has 23 heavy (non-hydrogen) atoms. The standard InChI is InChI=1S/C17H20N2O4/c1-10(13-8-12(21-2)6-7-15(13)22-3)18-17(20)14-9-16(23-19-14)11-4-5-11/h6-11H,4-5H2,1-3H3,(H,18,20)/t10-/m0/s1. The first-order chi connectivity index (χ1) is 11.1. The number of ether oxygens (including phenoxy) is 2. The van der Waals surface area contributed by atoms with Crippen molar-refractivity contribution in [2.24, 2.45) is 0 Å². The van der Waals surface area contributed by atoms with Gasteiger partial charge in [0.25, 0.3) is 5.91 Å². The topological polar surface area (TPSA) is 73.6 Å². The van der Waals surface area contributed by atoms with Crippen LogP contribution < -0.4 is 14.8 Å². The maximum absolute atomic E-state index is 12.3. The van der Waals surface area contributed by atoms with Gasteiger partial charge in [-0.25, -0.2) is 0 Å². The lowest BCUT2D eigenvalue weighted by atomic mass is 10.1. The highest BCUT2D eigenvalue weighted by Crippen LogP contribution is 2.40. The van der Waals surface area contributed by atoms with E-state index in [9.17, 15) is 4.79 Å². The van der Waals surface area contributed by atoms with E-state index < -0.39 is 0 Å². The van der Waals surface area contributed by atoms with Crippen LogP contribution in [-0.4, -0.2) is 25.3 Å². The van der Waals surface area contributed by atoms with Gasteiger partial charge in [0.1, 0.15) is 17.3 Å². The van der Waals surface area contributed by atoms with Crippen molar-refractivity contribution >= 4 is 5.91 Å². The van der Waals surface area contributed by atoms with Crippen LogP contribution in [-0.2, 0) is 0 Å². The maximum atomic E-state index is 12.3. The fourth-order valence-corrected chi connectivity index (χ4v) is 2.48. The maximum Gasteiger partial charge on any atom is 0.273 e. The van der Waals surface area contributed by atoms with Crippen molar-refractivity contribution in [3.05, 3.63) is 41.3 Å². The number of hydrogen-bond acceptors (Lipinski definition) is 5. The van der Waals surface area contributed by atoms with Gasteiger partial charge in [0, 0.05) is 17.5 Å². The van der Waals surface area contributed by atoms with Gasteiger partial charge in [-0.1, -0.05) is 5.16 Å². The van der Waals surface area contributed by atoms with Crippen LogP contribution in [0.25, 0.3) is 0 Å². The molecule has 1 aromatic heterocycles. The zero-order chi connectivity index (χ0) is 16.4. The molecule has 0 spiro atoms. The predicted molar refractivity (Wildman–Crippen MR) is 83.9 cm³/mol. The van der Waals surface area contributed by atoms with E-state index in [0.717, 1.165) is 24.2 Å². The van der Waals surface area contributed by atoms with Gasteiger partial charge in [0.15, 0.2) is 5.69 Å². The molecule has 1 saturated carbocycles. The summed E-state index contributed by atoms with van der Waals surface area (Å²) in [5.74, 6) is 2.36. The second-order valence-corrected chi connectivity index (χ2v) is 5.69. The first-order valence-electron chi connectivity index (χ1n) is 7.61. The van der Waals surface area contributed by atoms with Crippen LogP contribution in [0.15, 0.2) is 28.8 Å². The first-order valence-corrected chi connectivity index (χ1v) is 7.61. The average molecular weight is 316 g/mol. The van der Waals surface area contributed by atoms with Crippen LogP contribution in [0, 0.1) is 0 Å². The van der Waals surface area contributed by atoms with E-state index in [2.05, 4.69) is 10.5 Å². The van der Waals surface area contributed by atoms with E-state index >= 15 is 0 Å². The number of methoxy groups -OCH3 is 2. The van der Waals surface area contributed by atoms with E-state index in [1.807, 2.05) is 25.1 Å². The number of benzene rings is 1. The first kappa shape index (κ1) is 15.4. The van der Waals surface area contributed by atoms with Crippen LogP contribution in [0.5, 0.6) is 11.5 Å². The van der Waals surface area contributed by atoms with Crippen molar-refractivity contribution in [3.63, 3.8) is 0 Å². The number of amides is 1. The smallest absolute Gasteiger partial charge is 0.273 e. The third-order valence-electron chi connectivity index (χ3n) is 3.99. The van der Waals surface area contributed by atoms with Crippen molar-refractivity contribution in [2.45, 2.75) is 31.7 Å². The van der Waals surface area contributed by atoms with Crippen LogP contribution in [0.4, 0.5) is 0 Å². The fraction of sp³-hybridized carbons (Fsp3) is 0.412. The Balaban J connectivity index is 1.74. The molecule has 1 N–H and O–H groups in total. The molecule has 6 nitrogen and oxygen atoms in total. The lowest BCUT2D eigenvalue weighted by molar-refractivity contribution is 0.0930. The second kappa shape index (κ2) is 6.32. The summed E-state index contributed by atoms with van der Waals surface area (Å²) in [4.78, 5) is 12.3. The molecule has 1 atom stereocenters. The monoisotopic (exact) mass is 316 g/mol. The number of nitrogens with zero attached hydrogens (tertiary/aromatic N) is 1. The van der Waals surface area contributed by atoms with Gasteiger partial charge in [-0.15, -0.1) is 0 Å². The predicted octanol–water partition coefficient (Wildman–Crippen LogP) is 3.06. The normalized spacial score (nSPS) is 15.1. The largest absolute Gasteiger partial charge is 0.497 e. The fourth-order valence-electron chi connectivity index (χ4n) is 2.48. The SMILES string of the molecule is COc1ccc(OC)c([C@H](C)NC(=O)c2cc(C3CC3)on2)c1. The Labute approximate surface area is 134 Å². The number of aromatic nitrogens is 1. The summed E-state index contributed by atoms with van der Waals surface area (Å²) in [5.41, 5.74) is 1.15. The zero-order valence-electron chi connectivity index (χ0n) is 13.5. The summed E-state index contributed by atoms with van der Waals surface area (Å²) in [6.07, 6.45) is 2.21. The molecular weight excluding hydrogens is 296 g/mol. The van der Waals surface area contributed by atoms with Crippen LogP contribution >= 0.6 is 0 Å². The third kappa shape index (κ3) is 3.31. The Bertz CT molecular complexity index is 706. The lowest BCUT2D eigenvalue weighted by Gasteiger charge is -2.17. The molecule has 1 aliphatic carbocycles. The highest BCUT2D eigenvalue weighted by molar-refractivity contribution is 5.92. The van der Waals surface area contributed by atoms with E-state index in [1.54, 1.807) is 20.3 Å². The zero-order valence-corrected chi connectivity index (χ0v) is 13.5. The molecule has 6 heteroatoms. The van der Waals surface area contributed by atoms with Crippen molar-refractivity contribution in [1.29, 1.82) is 0 Å². The van der Waals surface area contributed by atoms with Crippen molar-refractivity contribution < 1.29 is 18.8 Å². The quantitative estimate of drug-likeness (QED) is 0.886. The van der Waals surface area contributed by atoms with E-state index in [-0.39, 0.29) is 11.9 Å². The Kier molecular flexibility index (Phi) is 4.23. The third-order valence-corrected chi connectivity index (χ3v) is 3.99. The molecular formula is C17H20N2O4. The number of carbonyl (C=O) groups excluding carboxylic acids is 1. The van der Waals surface area contributed by atoms with Gasteiger partial charge < -0.3 is 19.3 Å².